The van der Waals surface area contributed by atoms with Gasteiger partial charge in [0.2, 0.25) is 0 Å². The Morgan fingerprint density at radius 2 is 1.71 bits per heavy atom. The largest absolute Gasteiger partial charge is 0.449 e. The summed E-state index contributed by atoms with van der Waals surface area (Å²) in [4.78, 5) is 22.7. The SMILES string of the molecule is O=CC(CCO)NC(=O)OCC1c2ccccc2-c2ccccc21. The monoisotopic (exact) mass is 325 g/mol. The molecule has 2 aromatic carbocycles. The third-order valence-corrected chi connectivity index (χ3v) is 4.25. The Kier molecular flexibility index (Phi) is 4.91. The predicted molar refractivity (Wildman–Crippen MR) is 89.8 cm³/mol. The molecule has 3 rings (SSSR count). The summed E-state index contributed by atoms with van der Waals surface area (Å²) in [5.41, 5.74) is 4.59. The summed E-state index contributed by atoms with van der Waals surface area (Å²) < 4.78 is 5.33. The number of amides is 1. The van der Waals surface area contributed by atoms with Crippen molar-refractivity contribution in [2.75, 3.05) is 13.2 Å². The van der Waals surface area contributed by atoms with Crippen LogP contribution >= 0.6 is 0 Å². The van der Waals surface area contributed by atoms with Gasteiger partial charge in [0.1, 0.15) is 12.9 Å². The molecule has 2 aromatic rings. The molecule has 1 aliphatic carbocycles. The fourth-order valence-corrected chi connectivity index (χ4v) is 3.10. The minimum absolute atomic E-state index is 0.0179. The number of hydrogen-bond donors (Lipinski definition) is 2. The first kappa shape index (κ1) is 16.2. The molecule has 0 heterocycles. The van der Waals surface area contributed by atoms with Crippen molar-refractivity contribution < 1.29 is 19.4 Å². The summed E-state index contributed by atoms with van der Waals surface area (Å²) in [6.07, 6.45) is 0.119. The molecule has 24 heavy (non-hydrogen) atoms. The van der Waals surface area contributed by atoms with Crippen molar-refractivity contribution in [1.82, 2.24) is 5.32 Å². The number of carbonyl (C=O) groups excluding carboxylic acids is 2. The predicted octanol–water partition coefficient (Wildman–Crippen LogP) is 2.48. The van der Waals surface area contributed by atoms with E-state index in [2.05, 4.69) is 17.4 Å². The molecule has 0 fully saturated rings. The van der Waals surface area contributed by atoms with Gasteiger partial charge in [0.05, 0.1) is 6.04 Å². The molecule has 5 heteroatoms. The van der Waals surface area contributed by atoms with Crippen LogP contribution in [0.25, 0.3) is 11.1 Å². The summed E-state index contributed by atoms with van der Waals surface area (Å²) >= 11 is 0. The van der Waals surface area contributed by atoms with Crippen LogP contribution in [0.3, 0.4) is 0 Å². The standard InChI is InChI=1S/C19H19NO4/c21-10-9-13(11-22)20-19(23)24-12-18-16-7-3-1-5-14(16)15-6-2-4-8-17(15)18/h1-8,11,13,18,21H,9-10,12H2,(H,20,23). The molecule has 1 atom stereocenters. The first-order valence-corrected chi connectivity index (χ1v) is 7.92. The second kappa shape index (κ2) is 7.27. The number of aliphatic hydroxyl groups is 1. The van der Waals surface area contributed by atoms with E-state index in [0.717, 1.165) is 22.3 Å². The minimum Gasteiger partial charge on any atom is -0.449 e. The molecule has 1 unspecified atom stereocenters. The quantitative estimate of drug-likeness (QED) is 0.800. The Balaban J connectivity index is 1.71. The third kappa shape index (κ3) is 3.16. The van der Waals surface area contributed by atoms with Gasteiger partial charge in [-0.1, -0.05) is 48.5 Å². The molecule has 1 aliphatic rings. The summed E-state index contributed by atoms with van der Waals surface area (Å²) in [6, 6.07) is 15.4. The zero-order chi connectivity index (χ0) is 16.9. The summed E-state index contributed by atoms with van der Waals surface area (Å²) in [7, 11) is 0. The average Bonchev–Trinajstić information content (AvgIpc) is 2.93. The van der Waals surface area contributed by atoms with E-state index < -0.39 is 12.1 Å². The van der Waals surface area contributed by atoms with Gasteiger partial charge in [-0.05, 0) is 28.7 Å². The van der Waals surface area contributed by atoms with Crippen molar-refractivity contribution in [3.05, 3.63) is 59.7 Å². The van der Waals surface area contributed by atoms with Gasteiger partial charge in [-0.3, -0.25) is 0 Å². The highest BCUT2D eigenvalue weighted by Gasteiger charge is 2.29. The molecular formula is C19H19NO4. The Hall–Kier alpha value is -2.66. The van der Waals surface area contributed by atoms with Crippen LogP contribution in [0.15, 0.2) is 48.5 Å². The molecule has 0 aliphatic heterocycles. The maximum atomic E-state index is 11.9. The topological polar surface area (TPSA) is 75.6 Å². The van der Waals surface area contributed by atoms with E-state index in [1.165, 1.54) is 0 Å². The van der Waals surface area contributed by atoms with Gasteiger partial charge >= 0.3 is 6.09 Å². The number of ether oxygens (including phenoxy) is 1. The summed E-state index contributed by atoms with van der Waals surface area (Å²) in [6.45, 7) is 0.0254. The van der Waals surface area contributed by atoms with E-state index in [4.69, 9.17) is 9.84 Å². The number of alkyl carbamates (subject to hydrolysis) is 1. The van der Waals surface area contributed by atoms with Crippen LogP contribution in [0, 0.1) is 0 Å². The van der Waals surface area contributed by atoms with Crippen LogP contribution in [0.1, 0.15) is 23.5 Å². The van der Waals surface area contributed by atoms with E-state index in [1.807, 2.05) is 36.4 Å². The number of aldehydes is 1. The molecule has 124 valence electrons. The van der Waals surface area contributed by atoms with Gasteiger partial charge in [-0.25, -0.2) is 4.79 Å². The van der Waals surface area contributed by atoms with Crippen LogP contribution in [0.5, 0.6) is 0 Å². The molecule has 1 amide bonds. The molecule has 5 nitrogen and oxygen atoms in total. The zero-order valence-corrected chi connectivity index (χ0v) is 13.1. The second-order valence-electron chi connectivity index (χ2n) is 5.72. The van der Waals surface area contributed by atoms with Gasteiger partial charge < -0.3 is 20.0 Å². The lowest BCUT2D eigenvalue weighted by molar-refractivity contribution is -0.109. The van der Waals surface area contributed by atoms with Crippen LogP contribution in [0.2, 0.25) is 0 Å². The molecule has 0 saturated heterocycles. The number of nitrogens with one attached hydrogen (secondary N) is 1. The molecule has 0 saturated carbocycles. The van der Waals surface area contributed by atoms with E-state index in [1.54, 1.807) is 0 Å². The van der Waals surface area contributed by atoms with Crippen LogP contribution in [-0.2, 0) is 9.53 Å². The van der Waals surface area contributed by atoms with Crippen LogP contribution in [0.4, 0.5) is 4.79 Å². The van der Waals surface area contributed by atoms with Gasteiger partial charge in [0.25, 0.3) is 0 Å². The smallest absolute Gasteiger partial charge is 0.407 e. The van der Waals surface area contributed by atoms with Gasteiger partial charge in [-0.15, -0.1) is 0 Å². The molecule has 0 aromatic heterocycles. The van der Waals surface area contributed by atoms with Crippen molar-refractivity contribution in [1.29, 1.82) is 0 Å². The van der Waals surface area contributed by atoms with Crippen molar-refractivity contribution in [2.24, 2.45) is 0 Å². The van der Waals surface area contributed by atoms with E-state index in [9.17, 15) is 9.59 Å². The van der Waals surface area contributed by atoms with E-state index in [-0.39, 0.29) is 25.6 Å². The molecule has 0 spiro atoms. The number of hydrogen-bond acceptors (Lipinski definition) is 4. The fraction of sp³-hybridized carbons (Fsp3) is 0.263. The highest BCUT2D eigenvalue weighted by molar-refractivity contribution is 5.79. The maximum Gasteiger partial charge on any atom is 0.407 e. The van der Waals surface area contributed by atoms with Crippen LogP contribution in [-0.4, -0.2) is 36.7 Å². The van der Waals surface area contributed by atoms with Gasteiger partial charge in [0.15, 0.2) is 0 Å². The second-order valence-corrected chi connectivity index (χ2v) is 5.72. The third-order valence-electron chi connectivity index (χ3n) is 4.25. The van der Waals surface area contributed by atoms with Gasteiger partial charge in [0, 0.05) is 12.5 Å². The highest BCUT2D eigenvalue weighted by atomic mass is 16.5. The van der Waals surface area contributed by atoms with Crippen molar-refractivity contribution in [3.63, 3.8) is 0 Å². The first-order valence-electron chi connectivity index (χ1n) is 7.92. The molecule has 2 N–H and O–H groups in total. The van der Waals surface area contributed by atoms with Crippen molar-refractivity contribution in [2.45, 2.75) is 18.4 Å². The number of fused-ring (bicyclic) bond motifs is 3. The fourth-order valence-electron chi connectivity index (χ4n) is 3.10. The Labute approximate surface area is 140 Å². The lowest BCUT2D eigenvalue weighted by atomic mass is 9.98. The normalized spacial score (nSPS) is 13.7. The average molecular weight is 325 g/mol. The first-order chi connectivity index (χ1) is 11.7. The Bertz CT molecular complexity index is 698. The molecule has 0 bridgehead atoms. The maximum absolute atomic E-state index is 11.9. The van der Waals surface area contributed by atoms with Crippen LogP contribution < -0.4 is 5.32 Å². The van der Waals surface area contributed by atoms with Gasteiger partial charge in [-0.2, -0.15) is 0 Å². The van der Waals surface area contributed by atoms with E-state index in [0.29, 0.717) is 6.29 Å². The number of aliphatic hydroxyl groups excluding tert-OH is 1. The summed E-state index contributed by atoms with van der Waals surface area (Å²) in [5, 5.41) is 11.3. The number of carbonyl (C=O) groups is 2. The van der Waals surface area contributed by atoms with E-state index >= 15 is 0 Å². The van der Waals surface area contributed by atoms with Crippen molar-refractivity contribution in [3.8, 4) is 11.1 Å². The lowest BCUT2D eigenvalue weighted by Crippen LogP contribution is -2.37. The lowest BCUT2D eigenvalue weighted by Gasteiger charge is -2.16. The molecule has 0 radical (unpaired) electrons. The Morgan fingerprint density at radius 1 is 1.12 bits per heavy atom. The minimum atomic E-state index is -0.731. The van der Waals surface area contributed by atoms with Crippen molar-refractivity contribution >= 4 is 12.4 Å². The molecular weight excluding hydrogens is 306 g/mol. The number of benzene rings is 2. The summed E-state index contributed by atoms with van der Waals surface area (Å²) in [5.74, 6) is -0.0179. The number of rotatable bonds is 6. The highest BCUT2D eigenvalue weighted by Crippen LogP contribution is 2.44. The Morgan fingerprint density at radius 3 is 2.25 bits per heavy atom. The zero-order valence-electron chi connectivity index (χ0n) is 13.1.